The van der Waals surface area contributed by atoms with Crippen molar-refractivity contribution in [3.8, 4) is 0 Å². The number of aryl methyl sites for hydroxylation is 1. The zero-order valence-corrected chi connectivity index (χ0v) is 32.5. The lowest BCUT2D eigenvalue weighted by molar-refractivity contribution is 0.0518. The number of carbonyl (C=O) groups excluding carboxylic acids is 1. The second-order valence-electron chi connectivity index (χ2n) is 14.0. The molecule has 13 heteroatoms. The maximum Gasteiger partial charge on any atom is 0.358 e. The van der Waals surface area contributed by atoms with Crippen LogP contribution in [0.2, 0.25) is 25.7 Å². The molecule has 6 rings (SSSR count). The summed E-state index contributed by atoms with van der Waals surface area (Å²) >= 11 is 3.16. The number of esters is 1. The topological polar surface area (TPSA) is 98.0 Å². The van der Waals surface area contributed by atoms with E-state index in [0.29, 0.717) is 35.8 Å². The maximum absolute atomic E-state index is 13.1. The predicted molar refractivity (Wildman–Crippen MR) is 206 cm³/mol. The fraction of sp³-hybridized carbons (Fsp3) is 0.432. The van der Waals surface area contributed by atoms with Gasteiger partial charge >= 0.3 is 5.97 Å². The van der Waals surface area contributed by atoms with Gasteiger partial charge in [-0.1, -0.05) is 73.4 Å². The van der Waals surface area contributed by atoms with Gasteiger partial charge in [-0.3, -0.25) is 9.47 Å². The molecule has 0 amide bonds. The molecule has 5 aromatic rings. The van der Waals surface area contributed by atoms with Gasteiger partial charge in [-0.05, 0) is 81.1 Å². The van der Waals surface area contributed by atoms with E-state index in [9.17, 15) is 4.79 Å². The van der Waals surface area contributed by atoms with Crippen LogP contribution in [0, 0.1) is 6.92 Å². The summed E-state index contributed by atoms with van der Waals surface area (Å²) < 4.78 is 14.9. The molecule has 0 atom stereocenters. The molecular formula is C37H47N7O3S2Si. The smallest absolute Gasteiger partial charge is 0.358 e. The minimum Gasteiger partial charge on any atom is -0.461 e. The molecule has 1 aliphatic rings. The molecule has 3 aromatic heterocycles. The highest BCUT2D eigenvalue weighted by Gasteiger charge is 2.30. The Morgan fingerprint density at radius 3 is 2.50 bits per heavy atom. The first-order chi connectivity index (χ1) is 24.1. The summed E-state index contributed by atoms with van der Waals surface area (Å²) in [4.78, 5) is 29.1. The highest BCUT2D eigenvalue weighted by atomic mass is 32.1. The first kappa shape index (κ1) is 36.1. The summed E-state index contributed by atoms with van der Waals surface area (Å²) in [6, 6.07) is 22.0. The van der Waals surface area contributed by atoms with E-state index in [-0.39, 0.29) is 11.9 Å². The lowest BCUT2D eigenvalue weighted by Gasteiger charge is -2.31. The Bertz CT molecular complexity index is 1980. The fourth-order valence-corrected chi connectivity index (χ4v) is 8.94. The predicted octanol–water partition coefficient (Wildman–Crippen LogP) is 8.13. The first-order valence-corrected chi connectivity index (χ1v) is 22.7. The molecule has 4 heterocycles. The van der Waals surface area contributed by atoms with E-state index in [1.54, 1.807) is 22.7 Å². The molecule has 0 spiro atoms. The number of para-hydroxylation sites is 1. The second kappa shape index (κ2) is 16.1. The van der Waals surface area contributed by atoms with Crippen LogP contribution in [0.25, 0.3) is 10.2 Å². The van der Waals surface area contributed by atoms with E-state index in [0.717, 1.165) is 70.6 Å². The zero-order chi connectivity index (χ0) is 35.3. The van der Waals surface area contributed by atoms with E-state index in [2.05, 4.69) is 81.8 Å². The number of rotatable bonds is 13. The van der Waals surface area contributed by atoms with E-state index in [1.807, 2.05) is 44.0 Å². The number of anilines is 2. The van der Waals surface area contributed by atoms with Gasteiger partial charge in [0.05, 0.1) is 16.8 Å². The van der Waals surface area contributed by atoms with Crippen molar-refractivity contribution in [1.82, 2.24) is 24.6 Å². The number of fused-ring (bicyclic) bond motifs is 1. The lowest BCUT2D eigenvalue weighted by Crippen LogP contribution is -2.32. The number of likely N-dealkylation sites (tertiary alicyclic amines) is 1. The van der Waals surface area contributed by atoms with Crippen LogP contribution in [-0.4, -0.2) is 72.0 Å². The number of nitrogens with zero attached hydrogens (tertiary/aromatic N) is 7. The Labute approximate surface area is 303 Å². The van der Waals surface area contributed by atoms with Crippen molar-refractivity contribution in [3.05, 3.63) is 87.2 Å². The van der Waals surface area contributed by atoms with Crippen LogP contribution >= 0.6 is 22.7 Å². The largest absolute Gasteiger partial charge is 0.461 e. The Hall–Kier alpha value is -3.75. The van der Waals surface area contributed by atoms with Gasteiger partial charge in [-0.2, -0.15) is 4.99 Å². The summed E-state index contributed by atoms with van der Waals surface area (Å²) in [6.07, 6.45) is 1.92. The lowest BCUT2D eigenvalue weighted by atomic mass is 9.94. The van der Waals surface area contributed by atoms with Crippen molar-refractivity contribution < 1.29 is 14.3 Å². The maximum atomic E-state index is 13.1. The number of hydrogen-bond donors (Lipinski definition) is 0. The number of carbonyl (C=O) groups is 1. The number of aromatic nitrogens is 4. The number of thiazole rings is 2. The highest BCUT2D eigenvalue weighted by molar-refractivity contribution is 7.16. The molecule has 264 valence electrons. The standard InChI is InChI=1S/C37H47N7O3S2Si/c1-7-47-35(45)32-33(28-17-19-43(20-18-28)24-27-13-9-8-10-14-27)49-36(38-32)42(3)31-23-26(2)34(41-40-31)39-37-44(25-46-21-22-50(4,5)6)29-15-11-12-16-30(29)48-37/h8-16,23,28H,7,17-22,24-25H2,1-6H3. The van der Waals surface area contributed by atoms with Gasteiger partial charge in [0.2, 0.25) is 0 Å². The number of ether oxygens (including phenoxy) is 2. The van der Waals surface area contributed by atoms with Gasteiger partial charge in [0.1, 0.15) is 6.73 Å². The first-order valence-electron chi connectivity index (χ1n) is 17.3. The third-order valence-electron chi connectivity index (χ3n) is 8.90. The zero-order valence-electron chi connectivity index (χ0n) is 29.9. The van der Waals surface area contributed by atoms with Crippen LogP contribution in [-0.2, 0) is 22.7 Å². The van der Waals surface area contributed by atoms with Gasteiger partial charge in [-0.15, -0.1) is 21.5 Å². The van der Waals surface area contributed by atoms with E-state index < -0.39 is 8.07 Å². The quantitative estimate of drug-likeness (QED) is 0.0681. The third-order valence-corrected chi connectivity index (χ3v) is 13.0. The molecule has 1 aliphatic heterocycles. The summed E-state index contributed by atoms with van der Waals surface area (Å²) in [5, 5.41) is 9.83. The van der Waals surface area contributed by atoms with E-state index >= 15 is 0 Å². The van der Waals surface area contributed by atoms with Crippen LogP contribution in [0.1, 0.15) is 52.2 Å². The Morgan fingerprint density at radius 1 is 1.04 bits per heavy atom. The second-order valence-corrected chi connectivity index (χ2v) is 21.6. The van der Waals surface area contributed by atoms with Crippen molar-refractivity contribution in [1.29, 1.82) is 0 Å². The molecule has 0 aliphatic carbocycles. The van der Waals surface area contributed by atoms with Gasteiger partial charge < -0.3 is 14.4 Å². The average molecular weight is 730 g/mol. The van der Waals surface area contributed by atoms with E-state index in [1.165, 1.54) is 5.56 Å². The number of piperidine rings is 1. The van der Waals surface area contributed by atoms with Gasteiger partial charge in [0.25, 0.3) is 0 Å². The molecule has 0 bridgehead atoms. The minimum absolute atomic E-state index is 0.239. The van der Waals surface area contributed by atoms with Gasteiger partial charge in [-0.25, -0.2) is 9.78 Å². The minimum atomic E-state index is -1.20. The normalized spacial score (nSPS) is 14.8. The van der Waals surface area contributed by atoms with Crippen molar-refractivity contribution in [2.45, 2.75) is 71.6 Å². The Kier molecular flexibility index (Phi) is 11.6. The Balaban J connectivity index is 1.22. The molecule has 0 unspecified atom stereocenters. The van der Waals surface area contributed by atoms with Crippen LogP contribution in [0.15, 0.2) is 65.7 Å². The molecule has 1 saturated heterocycles. The van der Waals surface area contributed by atoms with Crippen molar-refractivity contribution >= 4 is 63.7 Å². The summed E-state index contributed by atoms with van der Waals surface area (Å²) in [6.45, 7) is 15.2. The number of benzene rings is 2. The average Bonchev–Trinajstić information content (AvgIpc) is 3.70. The third kappa shape index (κ3) is 8.75. The molecule has 0 radical (unpaired) electrons. The fourth-order valence-electron chi connectivity index (χ4n) is 5.97. The van der Waals surface area contributed by atoms with Crippen LogP contribution in [0.3, 0.4) is 0 Å². The van der Waals surface area contributed by atoms with Crippen molar-refractivity contribution in [2.24, 2.45) is 4.99 Å². The summed E-state index contributed by atoms with van der Waals surface area (Å²) in [5.41, 5.74) is 3.71. The SMILES string of the molecule is CCOC(=O)c1nc(N(C)c2cc(C)c(N=c3sc4ccccc4n3COCC[Si](C)(C)C)nn2)sc1C1CCN(Cc2ccccc2)CC1. The van der Waals surface area contributed by atoms with Crippen LogP contribution in [0.5, 0.6) is 0 Å². The van der Waals surface area contributed by atoms with Crippen molar-refractivity contribution in [2.75, 3.05) is 38.3 Å². The number of hydrogen-bond acceptors (Lipinski definition) is 11. The van der Waals surface area contributed by atoms with Gasteiger partial charge in [0, 0.05) is 33.2 Å². The molecule has 1 fully saturated rings. The summed E-state index contributed by atoms with van der Waals surface area (Å²) in [7, 11) is 0.719. The molecule has 2 aromatic carbocycles. The van der Waals surface area contributed by atoms with Gasteiger partial charge in [0.15, 0.2) is 27.3 Å². The van der Waals surface area contributed by atoms with Crippen LogP contribution < -0.4 is 9.70 Å². The van der Waals surface area contributed by atoms with Crippen LogP contribution in [0.4, 0.5) is 16.8 Å². The van der Waals surface area contributed by atoms with Crippen molar-refractivity contribution in [3.63, 3.8) is 0 Å². The molecule has 10 nitrogen and oxygen atoms in total. The Morgan fingerprint density at radius 2 is 1.78 bits per heavy atom. The summed E-state index contributed by atoms with van der Waals surface area (Å²) in [5.74, 6) is 1.05. The van der Waals surface area contributed by atoms with E-state index in [4.69, 9.17) is 19.5 Å². The highest BCUT2D eigenvalue weighted by Crippen LogP contribution is 2.39. The molecule has 0 N–H and O–H groups in total. The molecular weight excluding hydrogens is 683 g/mol. The molecule has 50 heavy (non-hydrogen) atoms. The molecule has 0 saturated carbocycles. The monoisotopic (exact) mass is 729 g/mol.